The molecule has 0 unspecified atom stereocenters. The van der Waals surface area contributed by atoms with Gasteiger partial charge in [-0.25, -0.2) is 5.90 Å². The van der Waals surface area contributed by atoms with E-state index >= 15 is 0 Å². The molecule has 0 bridgehead atoms. The summed E-state index contributed by atoms with van der Waals surface area (Å²) >= 11 is 1.46. The summed E-state index contributed by atoms with van der Waals surface area (Å²) in [6.07, 6.45) is 7.87. The van der Waals surface area contributed by atoms with Gasteiger partial charge in [0.1, 0.15) is 6.61 Å². The third kappa shape index (κ3) is 6.89. The summed E-state index contributed by atoms with van der Waals surface area (Å²) in [5.74, 6) is 4.83. The molecule has 16 heavy (non-hydrogen) atoms. The van der Waals surface area contributed by atoms with Gasteiger partial charge in [0, 0.05) is 15.8 Å². The SMILES string of the molecule is C=C/C=C\C=C.NOCc1cc(C=O)cs1. The van der Waals surface area contributed by atoms with Crippen LogP contribution in [0.2, 0.25) is 0 Å². The second-order valence-corrected chi connectivity index (χ2v) is 3.63. The molecular formula is C12H15NO2S. The van der Waals surface area contributed by atoms with Gasteiger partial charge in [0.15, 0.2) is 6.29 Å². The number of hydrogen-bond acceptors (Lipinski definition) is 4. The highest BCUT2D eigenvalue weighted by Gasteiger charge is 1.96. The molecule has 0 spiro atoms. The number of hydrogen-bond donors (Lipinski definition) is 1. The molecule has 3 nitrogen and oxygen atoms in total. The molecule has 2 N–H and O–H groups in total. The molecule has 0 atom stereocenters. The number of carbonyl (C=O) groups excluding carboxylic acids is 1. The summed E-state index contributed by atoms with van der Waals surface area (Å²) in [4.78, 5) is 15.5. The van der Waals surface area contributed by atoms with Crippen molar-refractivity contribution in [2.24, 2.45) is 5.90 Å². The van der Waals surface area contributed by atoms with Crippen molar-refractivity contribution < 1.29 is 9.63 Å². The van der Waals surface area contributed by atoms with Crippen LogP contribution in [0.5, 0.6) is 0 Å². The lowest BCUT2D eigenvalue weighted by Crippen LogP contribution is -1.96. The molecular weight excluding hydrogens is 222 g/mol. The minimum Gasteiger partial charge on any atom is -0.299 e. The summed E-state index contributed by atoms with van der Waals surface area (Å²) in [5, 5.41) is 1.77. The van der Waals surface area contributed by atoms with E-state index in [1.165, 1.54) is 11.3 Å². The van der Waals surface area contributed by atoms with Gasteiger partial charge < -0.3 is 0 Å². The van der Waals surface area contributed by atoms with Gasteiger partial charge in [0.05, 0.1) is 0 Å². The van der Waals surface area contributed by atoms with Crippen LogP contribution < -0.4 is 5.90 Å². The Balaban J connectivity index is 0.000000325. The fraction of sp³-hybridized carbons (Fsp3) is 0.0833. The van der Waals surface area contributed by atoms with Gasteiger partial charge in [-0.15, -0.1) is 11.3 Å². The van der Waals surface area contributed by atoms with Crippen molar-refractivity contribution in [3.8, 4) is 0 Å². The van der Waals surface area contributed by atoms with Crippen molar-refractivity contribution in [3.05, 3.63) is 59.3 Å². The third-order valence-electron chi connectivity index (χ3n) is 1.42. The molecule has 0 aromatic carbocycles. The Hall–Kier alpha value is -1.49. The molecule has 1 rings (SSSR count). The van der Waals surface area contributed by atoms with E-state index in [1.807, 2.05) is 12.2 Å². The van der Waals surface area contributed by atoms with E-state index in [0.717, 1.165) is 11.2 Å². The molecule has 86 valence electrons. The number of allylic oxidation sites excluding steroid dienone is 4. The van der Waals surface area contributed by atoms with Crippen molar-refractivity contribution in [1.82, 2.24) is 0 Å². The molecule has 0 fully saturated rings. The van der Waals surface area contributed by atoms with Crippen LogP contribution in [0.15, 0.2) is 48.9 Å². The lowest BCUT2D eigenvalue weighted by atomic mass is 10.3. The Morgan fingerprint density at radius 2 is 2.00 bits per heavy atom. The molecule has 0 aliphatic heterocycles. The standard InChI is InChI=1S/C6H7NO2S.C6H8/c7-9-3-6-1-5(2-8)4-10-6;1-3-5-6-4-2/h1-2,4H,3,7H2;3-6H,1-2H2/b;6-5-. The first-order valence-corrected chi connectivity index (χ1v) is 5.40. The molecule has 0 amide bonds. The second kappa shape index (κ2) is 10.0. The molecule has 0 aliphatic carbocycles. The second-order valence-electron chi connectivity index (χ2n) is 2.63. The molecule has 1 heterocycles. The van der Waals surface area contributed by atoms with E-state index in [4.69, 9.17) is 5.90 Å². The van der Waals surface area contributed by atoms with Crippen LogP contribution in [0.1, 0.15) is 15.2 Å². The molecule has 0 radical (unpaired) electrons. The minimum absolute atomic E-state index is 0.374. The lowest BCUT2D eigenvalue weighted by molar-refractivity contribution is 0.112. The van der Waals surface area contributed by atoms with Crippen molar-refractivity contribution in [3.63, 3.8) is 0 Å². The number of carbonyl (C=O) groups is 1. The van der Waals surface area contributed by atoms with Gasteiger partial charge in [0.25, 0.3) is 0 Å². The van der Waals surface area contributed by atoms with E-state index in [9.17, 15) is 4.79 Å². The highest BCUT2D eigenvalue weighted by atomic mass is 32.1. The van der Waals surface area contributed by atoms with Crippen LogP contribution in [-0.2, 0) is 11.4 Å². The van der Waals surface area contributed by atoms with Crippen LogP contribution in [0.25, 0.3) is 0 Å². The smallest absolute Gasteiger partial charge is 0.150 e. The first-order valence-electron chi connectivity index (χ1n) is 4.52. The zero-order valence-electron chi connectivity index (χ0n) is 8.96. The number of nitrogens with two attached hydrogens (primary N) is 1. The van der Waals surface area contributed by atoms with E-state index in [2.05, 4.69) is 18.0 Å². The van der Waals surface area contributed by atoms with Gasteiger partial charge in [-0.1, -0.05) is 37.5 Å². The number of rotatable bonds is 5. The van der Waals surface area contributed by atoms with Crippen LogP contribution in [0.3, 0.4) is 0 Å². The maximum Gasteiger partial charge on any atom is 0.150 e. The summed E-state index contributed by atoms with van der Waals surface area (Å²) < 4.78 is 0. The van der Waals surface area contributed by atoms with Gasteiger partial charge in [-0.2, -0.15) is 0 Å². The van der Waals surface area contributed by atoms with Crippen molar-refractivity contribution in [2.75, 3.05) is 0 Å². The summed E-state index contributed by atoms with van der Waals surface area (Å²) in [5.41, 5.74) is 0.678. The Labute approximate surface area is 99.5 Å². The number of thiophene rings is 1. The molecule has 1 aromatic heterocycles. The van der Waals surface area contributed by atoms with Crippen LogP contribution in [0, 0.1) is 0 Å². The van der Waals surface area contributed by atoms with Crippen molar-refractivity contribution in [1.29, 1.82) is 0 Å². The Morgan fingerprint density at radius 3 is 2.38 bits per heavy atom. The maximum absolute atomic E-state index is 10.2. The van der Waals surface area contributed by atoms with Crippen LogP contribution >= 0.6 is 11.3 Å². The molecule has 4 heteroatoms. The van der Waals surface area contributed by atoms with Crippen molar-refractivity contribution in [2.45, 2.75) is 6.61 Å². The Morgan fingerprint density at radius 1 is 1.38 bits per heavy atom. The monoisotopic (exact) mass is 237 g/mol. The predicted octanol–water partition coefficient (Wildman–Crippen LogP) is 2.87. The molecule has 1 aromatic rings. The van der Waals surface area contributed by atoms with E-state index in [0.29, 0.717) is 12.2 Å². The zero-order valence-corrected chi connectivity index (χ0v) is 9.78. The highest BCUT2D eigenvalue weighted by Crippen LogP contribution is 2.12. The quantitative estimate of drug-likeness (QED) is 0.486. The average molecular weight is 237 g/mol. The van der Waals surface area contributed by atoms with Crippen molar-refractivity contribution >= 4 is 17.6 Å². The Bertz CT molecular complexity index is 346. The fourth-order valence-electron chi connectivity index (χ4n) is 0.774. The molecule has 0 aliphatic rings. The summed E-state index contributed by atoms with van der Waals surface area (Å²) in [6, 6.07) is 1.75. The summed E-state index contributed by atoms with van der Waals surface area (Å²) in [6.45, 7) is 7.30. The topological polar surface area (TPSA) is 52.3 Å². The summed E-state index contributed by atoms with van der Waals surface area (Å²) in [7, 11) is 0. The minimum atomic E-state index is 0.374. The van der Waals surface area contributed by atoms with Crippen LogP contribution in [-0.4, -0.2) is 6.29 Å². The normalized spacial score (nSPS) is 9.31. The van der Waals surface area contributed by atoms with Crippen LogP contribution in [0.4, 0.5) is 0 Å². The average Bonchev–Trinajstić information content (AvgIpc) is 2.75. The fourth-order valence-corrected chi connectivity index (χ4v) is 1.53. The predicted molar refractivity (Wildman–Crippen MR) is 68.2 cm³/mol. The van der Waals surface area contributed by atoms with Gasteiger partial charge in [-0.3, -0.25) is 9.63 Å². The lowest BCUT2D eigenvalue weighted by Gasteiger charge is -1.88. The van der Waals surface area contributed by atoms with E-state index in [-0.39, 0.29) is 0 Å². The first kappa shape index (κ1) is 14.5. The molecule has 0 saturated carbocycles. The van der Waals surface area contributed by atoms with Gasteiger partial charge in [0.2, 0.25) is 0 Å². The highest BCUT2D eigenvalue weighted by molar-refractivity contribution is 7.10. The number of aldehydes is 1. The van der Waals surface area contributed by atoms with E-state index in [1.54, 1.807) is 23.6 Å². The maximum atomic E-state index is 10.2. The third-order valence-corrected chi connectivity index (χ3v) is 2.35. The Kier molecular flexibility index (Phi) is 9.11. The largest absolute Gasteiger partial charge is 0.299 e. The van der Waals surface area contributed by atoms with Gasteiger partial charge in [-0.05, 0) is 6.07 Å². The molecule has 0 saturated heterocycles. The van der Waals surface area contributed by atoms with Gasteiger partial charge >= 0.3 is 0 Å². The zero-order chi connectivity index (χ0) is 12.2. The first-order chi connectivity index (χ1) is 7.78. The van der Waals surface area contributed by atoms with E-state index < -0.39 is 0 Å².